The highest BCUT2D eigenvalue weighted by Crippen LogP contribution is 2.29. The van der Waals surface area contributed by atoms with Crippen molar-refractivity contribution in [1.82, 2.24) is 5.32 Å². The molecule has 2 rings (SSSR count). The minimum Gasteiger partial charge on any atom is -0.381 e. The van der Waals surface area contributed by atoms with Crippen LogP contribution in [0.1, 0.15) is 24.9 Å². The molecule has 0 saturated carbocycles. The fourth-order valence-corrected chi connectivity index (χ4v) is 2.53. The largest absolute Gasteiger partial charge is 0.381 e. The molecule has 1 aromatic rings. The number of halogens is 1. The third kappa shape index (κ3) is 2.84. The average molecular weight is 284 g/mol. The fraction of sp³-hybridized carbons (Fsp3) is 0.538. The van der Waals surface area contributed by atoms with Crippen LogP contribution in [0.3, 0.4) is 0 Å². The number of hydrogen-bond donors (Lipinski definition) is 1. The minimum atomic E-state index is 0.431. The first-order chi connectivity index (χ1) is 7.81. The molecule has 0 aromatic heterocycles. The lowest BCUT2D eigenvalue weighted by atomic mass is 9.92. The van der Waals surface area contributed by atoms with Crippen molar-refractivity contribution >= 4 is 15.9 Å². The highest BCUT2D eigenvalue weighted by Gasteiger charge is 2.26. The number of benzene rings is 1. The van der Waals surface area contributed by atoms with Crippen molar-refractivity contribution in [2.45, 2.75) is 19.4 Å². The zero-order chi connectivity index (χ0) is 11.4. The Morgan fingerprint density at radius 3 is 2.75 bits per heavy atom. The topological polar surface area (TPSA) is 21.3 Å². The van der Waals surface area contributed by atoms with Crippen molar-refractivity contribution in [1.29, 1.82) is 0 Å². The van der Waals surface area contributed by atoms with Gasteiger partial charge in [-0.2, -0.15) is 0 Å². The lowest BCUT2D eigenvalue weighted by molar-refractivity contribution is 0.177. The Morgan fingerprint density at radius 2 is 2.19 bits per heavy atom. The molecule has 0 amide bonds. The van der Waals surface area contributed by atoms with Crippen LogP contribution in [0.2, 0.25) is 0 Å². The quantitative estimate of drug-likeness (QED) is 0.917. The van der Waals surface area contributed by atoms with Crippen molar-refractivity contribution in [3.63, 3.8) is 0 Å². The summed E-state index contributed by atoms with van der Waals surface area (Å²) in [5.41, 5.74) is 1.36. The van der Waals surface area contributed by atoms with Gasteiger partial charge in [0.1, 0.15) is 0 Å². The van der Waals surface area contributed by atoms with Crippen LogP contribution in [0.5, 0.6) is 0 Å². The highest BCUT2D eigenvalue weighted by molar-refractivity contribution is 9.10. The van der Waals surface area contributed by atoms with E-state index in [1.165, 1.54) is 5.56 Å². The molecule has 1 aliphatic rings. The zero-order valence-electron chi connectivity index (χ0n) is 9.58. The van der Waals surface area contributed by atoms with Crippen LogP contribution in [0.15, 0.2) is 28.7 Å². The normalized spacial score (nSPS) is 22.2. The van der Waals surface area contributed by atoms with E-state index in [4.69, 9.17) is 4.74 Å². The highest BCUT2D eigenvalue weighted by atomic mass is 79.9. The lowest BCUT2D eigenvalue weighted by Crippen LogP contribution is -2.28. The van der Waals surface area contributed by atoms with Gasteiger partial charge in [0, 0.05) is 23.0 Å². The summed E-state index contributed by atoms with van der Waals surface area (Å²) in [4.78, 5) is 0. The van der Waals surface area contributed by atoms with Crippen LogP contribution in [0.25, 0.3) is 0 Å². The predicted molar refractivity (Wildman–Crippen MR) is 69.5 cm³/mol. The van der Waals surface area contributed by atoms with Crippen LogP contribution in [0, 0.1) is 5.92 Å². The third-order valence-electron chi connectivity index (χ3n) is 3.09. The van der Waals surface area contributed by atoms with Gasteiger partial charge in [-0.1, -0.05) is 35.0 Å². The van der Waals surface area contributed by atoms with E-state index in [-0.39, 0.29) is 0 Å². The molecule has 1 heterocycles. The van der Waals surface area contributed by atoms with Crippen LogP contribution in [-0.4, -0.2) is 19.8 Å². The van der Waals surface area contributed by atoms with E-state index in [1.54, 1.807) is 0 Å². The van der Waals surface area contributed by atoms with Crippen molar-refractivity contribution in [3.8, 4) is 0 Å². The van der Waals surface area contributed by atoms with Gasteiger partial charge in [0.05, 0.1) is 6.61 Å². The summed E-state index contributed by atoms with van der Waals surface area (Å²) in [6.45, 7) is 4.94. The summed E-state index contributed by atoms with van der Waals surface area (Å²) in [7, 11) is 0. The Morgan fingerprint density at radius 1 is 1.44 bits per heavy atom. The van der Waals surface area contributed by atoms with Crippen LogP contribution in [0.4, 0.5) is 0 Å². The maximum atomic E-state index is 5.48. The lowest BCUT2D eigenvalue weighted by Gasteiger charge is -2.23. The fourth-order valence-electron chi connectivity index (χ4n) is 2.26. The maximum Gasteiger partial charge on any atom is 0.0513 e. The van der Waals surface area contributed by atoms with Crippen LogP contribution in [-0.2, 0) is 4.74 Å². The summed E-state index contributed by atoms with van der Waals surface area (Å²) < 4.78 is 6.61. The Balaban J connectivity index is 2.14. The van der Waals surface area contributed by atoms with Gasteiger partial charge >= 0.3 is 0 Å². The Kier molecular flexibility index (Phi) is 4.38. The molecule has 1 aliphatic heterocycles. The van der Waals surface area contributed by atoms with Gasteiger partial charge in [-0.3, -0.25) is 0 Å². The van der Waals surface area contributed by atoms with E-state index >= 15 is 0 Å². The molecular formula is C13H18BrNO. The molecular weight excluding hydrogens is 266 g/mol. The van der Waals surface area contributed by atoms with Gasteiger partial charge in [0.25, 0.3) is 0 Å². The summed E-state index contributed by atoms with van der Waals surface area (Å²) in [6.07, 6.45) is 1.16. The van der Waals surface area contributed by atoms with Crippen molar-refractivity contribution in [2.75, 3.05) is 19.8 Å². The van der Waals surface area contributed by atoms with Gasteiger partial charge in [-0.15, -0.1) is 0 Å². The van der Waals surface area contributed by atoms with E-state index in [0.717, 1.165) is 30.7 Å². The molecule has 0 bridgehead atoms. The number of ether oxygens (including phenoxy) is 1. The average Bonchev–Trinajstić information content (AvgIpc) is 2.81. The maximum absolute atomic E-state index is 5.48. The standard InChI is InChI=1S/C13H18BrNO/c1-2-15-13(11-7-8-16-9-11)10-3-5-12(14)6-4-10/h3-6,11,13,15H,2,7-9H2,1H3. The second-order valence-corrected chi connectivity index (χ2v) is 5.13. The monoisotopic (exact) mass is 283 g/mol. The molecule has 2 atom stereocenters. The molecule has 2 unspecified atom stereocenters. The zero-order valence-corrected chi connectivity index (χ0v) is 11.2. The van der Waals surface area contributed by atoms with Crippen LogP contribution < -0.4 is 5.32 Å². The van der Waals surface area contributed by atoms with Crippen molar-refractivity contribution in [2.24, 2.45) is 5.92 Å². The Bertz CT molecular complexity index is 319. The van der Waals surface area contributed by atoms with E-state index in [9.17, 15) is 0 Å². The molecule has 88 valence electrons. The van der Waals surface area contributed by atoms with E-state index in [1.807, 2.05) is 0 Å². The first kappa shape index (κ1) is 12.1. The molecule has 1 aromatic carbocycles. The van der Waals surface area contributed by atoms with Crippen molar-refractivity contribution < 1.29 is 4.74 Å². The predicted octanol–water partition coefficient (Wildman–Crippen LogP) is 3.14. The van der Waals surface area contributed by atoms with E-state index < -0.39 is 0 Å². The summed E-state index contributed by atoms with van der Waals surface area (Å²) in [6, 6.07) is 9.02. The van der Waals surface area contributed by atoms with Gasteiger partial charge in [-0.25, -0.2) is 0 Å². The molecule has 0 radical (unpaired) electrons. The van der Waals surface area contributed by atoms with E-state index in [0.29, 0.717) is 12.0 Å². The third-order valence-corrected chi connectivity index (χ3v) is 3.62. The van der Waals surface area contributed by atoms with E-state index in [2.05, 4.69) is 52.4 Å². The van der Waals surface area contributed by atoms with Crippen molar-refractivity contribution in [3.05, 3.63) is 34.3 Å². The molecule has 0 aliphatic carbocycles. The summed E-state index contributed by atoms with van der Waals surface area (Å²) >= 11 is 3.47. The van der Waals surface area contributed by atoms with Gasteiger partial charge in [-0.05, 0) is 30.7 Å². The first-order valence-electron chi connectivity index (χ1n) is 5.88. The second-order valence-electron chi connectivity index (χ2n) is 4.21. The molecule has 3 heteroatoms. The first-order valence-corrected chi connectivity index (χ1v) is 6.67. The smallest absolute Gasteiger partial charge is 0.0513 e. The molecule has 2 nitrogen and oxygen atoms in total. The van der Waals surface area contributed by atoms with Crippen LogP contribution >= 0.6 is 15.9 Å². The molecule has 1 fully saturated rings. The SMILES string of the molecule is CCNC(c1ccc(Br)cc1)C1CCOC1. The second kappa shape index (κ2) is 5.80. The number of hydrogen-bond acceptors (Lipinski definition) is 2. The number of rotatable bonds is 4. The molecule has 0 spiro atoms. The summed E-state index contributed by atoms with van der Waals surface area (Å²) in [5.74, 6) is 0.612. The molecule has 1 N–H and O–H groups in total. The van der Waals surface area contributed by atoms with Gasteiger partial charge in [0.15, 0.2) is 0 Å². The summed E-state index contributed by atoms with van der Waals surface area (Å²) in [5, 5.41) is 3.56. The molecule has 1 saturated heterocycles. The van der Waals surface area contributed by atoms with Gasteiger partial charge in [0.2, 0.25) is 0 Å². The molecule has 16 heavy (non-hydrogen) atoms. The minimum absolute atomic E-state index is 0.431. The van der Waals surface area contributed by atoms with Gasteiger partial charge < -0.3 is 10.1 Å². The Labute approximate surface area is 106 Å². The Hall–Kier alpha value is -0.380. The number of nitrogens with one attached hydrogen (secondary N) is 1.